The van der Waals surface area contributed by atoms with Gasteiger partial charge in [-0.1, -0.05) is 35.5 Å². The molecule has 4 aromatic rings. The van der Waals surface area contributed by atoms with Gasteiger partial charge in [0.15, 0.2) is 11.0 Å². The topological polar surface area (TPSA) is 46.8 Å². The molecule has 0 atom stereocenters. The summed E-state index contributed by atoms with van der Waals surface area (Å²) in [5, 5.41) is 10.1. The molecule has 0 spiro atoms. The Balaban J connectivity index is 1.58. The SMILES string of the molecule is CN(Cc1ccc(F)cc1F)Cc1nnc(SCc2ccncc2)n1-c1cccc(Cl)c1. The number of hydrogen-bond acceptors (Lipinski definition) is 5. The first-order valence-electron chi connectivity index (χ1n) is 9.84. The summed E-state index contributed by atoms with van der Waals surface area (Å²) in [4.78, 5) is 5.95. The van der Waals surface area contributed by atoms with Gasteiger partial charge >= 0.3 is 0 Å². The third-order valence-electron chi connectivity index (χ3n) is 4.75. The Bertz CT molecular complexity index is 1200. The van der Waals surface area contributed by atoms with Crippen LogP contribution in [-0.4, -0.2) is 31.7 Å². The zero-order chi connectivity index (χ0) is 22.5. The minimum atomic E-state index is -0.592. The predicted octanol–water partition coefficient (Wildman–Crippen LogP) is 5.52. The van der Waals surface area contributed by atoms with Gasteiger partial charge in [0.25, 0.3) is 0 Å². The van der Waals surface area contributed by atoms with Crippen molar-refractivity contribution in [3.05, 3.63) is 101 Å². The van der Waals surface area contributed by atoms with Gasteiger partial charge in [-0.2, -0.15) is 0 Å². The van der Waals surface area contributed by atoms with Gasteiger partial charge in [0.05, 0.1) is 12.2 Å². The van der Waals surface area contributed by atoms with E-state index in [1.807, 2.05) is 52.9 Å². The first-order chi connectivity index (χ1) is 15.5. The van der Waals surface area contributed by atoms with Gasteiger partial charge in [-0.05, 0) is 49.0 Å². The van der Waals surface area contributed by atoms with Crippen LogP contribution in [0.4, 0.5) is 8.78 Å². The van der Waals surface area contributed by atoms with E-state index in [9.17, 15) is 8.78 Å². The number of aromatic nitrogens is 4. The maximum Gasteiger partial charge on any atom is 0.196 e. The molecule has 0 bridgehead atoms. The Morgan fingerprint density at radius 1 is 1.00 bits per heavy atom. The highest BCUT2D eigenvalue weighted by Gasteiger charge is 2.17. The lowest BCUT2D eigenvalue weighted by atomic mass is 10.2. The van der Waals surface area contributed by atoms with Crippen LogP contribution in [0.5, 0.6) is 0 Å². The molecule has 2 aromatic heterocycles. The average Bonchev–Trinajstić information content (AvgIpc) is 3.17. The van der Waals surface area contributed by atoms with Crippen LogP contribution in [0.1, 0.15) is 17.0 Å². The highest BCUT2D eigenvalue weighted by Crippen LogP contribution is 2.27. The lowest BCUT2D eigenvalue weighted by Crippen LogP contribution is -2.20. The summed E-state index contributed by atoms with van der Waals surface area (Å²) in [5.41, 5.74) is 2.38. The van der Waals surface area contributed by atoms with Crippen molar-refractivity contribution >= 4 is 23.4 Å². The van der Waals surface area contributed by atoms with Crippen molar-refractivity contribution in [2.75, 3.05) is 7.05 Å². The number of hydrogen-bond donors (Lipinski definition) is 0. The second-order valence-corrected chi connectivity index (χ2v) is 8.65. The van der Waals surface area contributed by atoms with Crippen molar-refractivity contribution in [1.29, 1.82) is 0 Å². The molecule has 164 valence electrons. The molecule has 0 N–H and O–H groups in total. The molecular formula is C23H20ClF2N5S. The fraction of sp³-hybridized carbons (Fsp3) is 0.174. The van der Waals surface area contributed by atoms with Gasteiger partial charge in [-0.15, -0.1) is 10.2 Å². The maximum atomic E-state index is 14.1. The zero-order valence-corrected chi connectivity index (χ0v) is 18.8. The van der Waals surface area contributed by atoms with E-state index in [-0.39, 0.29) is 0 Å². The van der Waals surface area contributed by atoms with Gasteiger partial charge in [-0.3, -0.25) is 14.5 Å². The van der Waals surface area contributed by atoms with Crippen LogP contribution in [0, 0.1) is 11.6 Å². The summed E-state index contributed by atoms with van der Waals surface area (Å²) in [6.45, 7) is 0.708. The molecule has 0 fully saturated rings. The van der Waals surface area contributed by atoms with Crippen molar-refractivity contribution in [3.8, 4) is 5.69 Å². The van der Waals surface area contributed by atoms with Gasteiger partial charge < -0.3 is 0 Å². The molecule has 0 radical (unpaired) electrons. The normalized spacial score (nSPS) is 11.3. The van der Waals surface area contributed by atoms with Crippen molar-refractivity contribution < 1.29 is 8.78 Å². The summed E-state index contributed by atoms with van der Waals surface area (Å²) in [5.74, 6) is 0.236. The number of pyridine rings is 1. The second kappa shape index (κ2) is 10.2. The van der Waals surface area contributed by atoms with Crippen LogP contribution in [0.25, 0.3) is 5.69 Å². The molecule has 0 aliphatic carbocycles. The summed E-state index contributed by atoms with van der Waals surface area (Å²) in [7, 11) is 1.85. The van der Waals surface area contributed by atoms with E-state index in [4.69, 9.17) is 11.6 Å². The number of thioether (sulfide) groups is 1. The highest BCUT2D eigenvalue weighted by molar-refractivity contribution is 7.98. The van der Waals surface area contributed by atoms with Crippen LogP contribution in [0.15, 0.2) is 72.1 Å². The van der Waals surface area contributed by atoms with Crippen LogP contribution in [0.3, 0.4) is 0 Å². The fourth-order valence-electron chi connectivity index (χ4n) is 3.24. The third-order valence-corrected chi connectivity index (χ3v) is 5.99. The number of halogens is 3. The van der Waals surface area contributed by atoms with E-state index in [1.165, 1.54) is 12.1 Å². The van der Waals surface area contributed by atoms with Crippen molar-refractivity contribution in [2.45, 2.75) is 24.0 Å². The van der Waals surface area contributed by atoms with E-state index >= 15 is 0 Å². The largest absolute Gasteiger partial charge is 0.295 e. The molecule has 2 aromatic carbocycles. The number of benzene rings is 2. The van der Waals surface area contributed by atoms with E-state index < -0.39 is 11.6 Å². The molecule has 0 saturated heterocycles. The average molecular weight is 472 g/mol. The molecule has 4 rings (SSSR count). The lowest BCUT2D eigenvalue weighted by molar-refractivity contribution is 0.302. The zero-order valence-electron chi connectivity index (χ0n) is 17.3. The Labute approximate surface area is 194 Å². The van der Waals surface area contributed by atoms with E-state index in [1.54, 1.807) is 24.2 Å². The molecular weight excluding hydrogens is 452 g/mol. The van der Waals surface area contributed by atoms with E-state index in [2.05, 4.69) is 15.2 Å². The van der Waals surface area contributed by atoms with Crippen molar-refractivity contribution in [2.24, 2.45) is 0 Å². The molecule has 9 heteroatoms. The molecule has 0 saturated carbocycles. The molecule has 2 heterocycles. The minimum Gasteiger partial charge on any atom is -0.295 e. The summed E-state index contributed by atoms with van der Waals surface area (Å²) >= 11 is 7.79. The Morgan fingerprint density at radius 2 is 1.81 bits per heavy atom. The van der Waals surface area contributed by atoms with Crippen LogP contribution >= 0.6 is 23.4 Å². The third kappa shape index (κ3) is 5.51. The highest BCUT2D eigenvalue weighted by atomic mass is 35.5. The van der Waals surface area contributed by atoms with Crippen molar-refractivity contribution in [1.82, 2.24) is 24.6 Å². The van der Waals surface area contributed by atoms with E-state index in [0.29, 0.717) is 35.3 Å². The quantitative estimate of drug-likeness (QED) is 0.317. The van der Waals surface area contributed by atoms with Gasteiger partial charge in [0, 0.05) is 41.3 Å². The van der Waals surface area contributed by atoms with Crippen LogP contribution in [-0.2, 0) is 18.8 Å². The van der Waals surface area contributed by atoms with Gasteiger partial charge in [0.1, 0.15) is 11.6 Å². The monoisotopic (exact) mass is 471 g/mol. The molecule has 0 aliphatic rings. The predicted molar refractivity (Wildman–Crippen MR) is 122 cm³/mol. The Hall–Kier alpha value is -2.81. The molecule has 0 amide bonds. The molecule has 32 heavy (non-hydrogen) atoms. The Kier molecular flexibility index (Phi) is 7.14. The molecule has 0 aliphatic heterocycles. The van der Waals surface area contributed by atoms with Crippen molar-refractivity contribution in [3.63, 3.8) is 0 Å². The van der Waals surface area contributed by atoms with Gasteiger partial charge in [-0.25, -0.2) is 8.78 Å². The fourth-order valence-corrected chi connectivity index (χ4v) is 4.35. The molecule has 5 nitrogen and oxygen atoms in total. The lowest BCUT2D eigenvalue weighted by Gasteiger charge is -2.18. The Morgan fingerprint density at radius 3 is 2.56 bits per heavy atom. The van der Waals surface area contributed by atoms with Gasteiger partial charge in [0.2, 0.25) is 0 Å². The summed E-state index contributed by atoms with van der Waals surface area (Å²) in [6.07, 6.45) is 3.51. The standard InChI is InChI=1S/C23H20ClF2N5S/c1-30(13-17-5-6-19(25)12-21(17)26)14-22-28-29-23(32-15-16-7-9-27-10-8-16)31(22)20-4-2-3-18(24)11-20/h2-12H,13-15H2,1H3. The first-order valence-corrected chi connectivity index (χ1v) is 11.2. The van der Waals surface area contributed by atoms with Crippen LogP contribution < -0.4 is 0 Å². The number of nitrogens with zero attached hydrogens (tertiary/aromatic N) is 5. The summed E-state index contributed by atoms with van der Waals surface area (Å²) in [6, 6.07) is 15.0. The van der Waals surface area contributed by atoms with E-state index in [0.717, 1.165) is 22.5 Å². The minimum absolute atomic E-state index is 0.300. The first kappa shape index (κ1) is 22.4. The molecule has 0 unspecified atom stereocenters. The smallest absolute Gasteiger partial charge is 0.196 e. The maximum absolute atomic E-state index is 14.1. The second-order valence-electron chi connectivity index (χ2n) is 7.27. The summed E-state index contributed by atoms with van der Waals surface area (Å²) < 4.78 is 29.2. The van der Waals surface area contributed by atoms with Crippen LogP contribution in [0.2, 0.25) is 5.02 Å². The number of rotatable bonds is 8.